The summed E-state index contributed by atoms with van der Waals surface area (Å²) in [5, 5.41) is 6.89. The molecule has 128 valence electrons. The number of aryl methyl sites for hydroxylation is 2. The number of carbonyl (C=O) groups is 1. The zero-order valence-corrected chi connectivity index (χ0v) is 15.1. The smallest absolute Gasteiger partial charge is 0.262 e. The number of anilines is 1. The summed E-state index contributed by atoms with van der Waals surface area (Å²) in [7, 11) is 1.49. The summed E-state index contributed by atoms with van der Waals surface area (Å²) in [5.41, 5.74) is 3.62. The lowest BCUT2D eigenvalue weighted by Crippen LogP contribution is -2.22. The molecule has 2 aromatic rings. The van der Waals surface area contributed by atoms with Gasteiger partial charge in [0.1, 0.15) is 5.56 Å². The predicted molar refractivity (Wildman–Crippen MR) is 92.9 cm³/mol. The van der Waals surface area contributed by atoms with Gasteiger partial charge in [-0.2, -0.15) is 9.49 Å². The van der Waals surface area contributed by atoms with Crippen LogP contribution in [0.15, 0.2) is 18.2 Å². The van der Waals surface area contributed by atoms with E-state index in [1.54, 1.807) is 6.92 Å². The minimum absolute atomic E-state index is 0.00746. The lowest BCUT2D eigenvalue weighted by Gasteiger charge is -2.26. The molecule has 1 aliphatic carbocycles. The lowest BCUT2D eigenvalue weighted by atomic mass is 9.78. The summed E-state index contributed by atoms with van der Waals surface area (Å²) in [6.45, 7) is 10.5. The Morgan fingerprint density at radius 2 is 2.00 bits per heavy atom. The van der Waals surface area contributed by atoms with Gasteiger partial charge in [0.25, 0.3) is 5.91 Å². The molecule has 0 radical (unpaired) electrons. The van der Waals surface area contributed by atoms with Gasteiger partial charge in [0, 0.05) is 12.7 Å². The Balaban J connectivity index is 2.02. The maximum absolute atomic E-state index is 14.2. The Morgan fingerprint density at radius 3 is 2.58 bits per heavy atom. The molecule has 0 fully saturated rings. The molecule has 24 heavy (non-hydrogen) atoms. The number of carbonyl (C=O) groups excluding carboxylic acids is 1. The number of rotatable bonds is 2. The van der Waals surface area contributed by atoms with Crippen molar-refractivity contribution in [3.8, 4) is 0 Å². The van der Waals surface area contributed by atoms with E-state index in [1.807, 2.05) is 12.1 Å². The van der Waals surface area contributed by atoms with E-state index in [-0.39, 0.29) is 11.0 Å². The highest BCUT2D eigenvalue weighted by Gasteiger charge is 2.42. The highest BCUT2D eigenvalue weighted by molar-refractivity contribution is 6.05. The Hall–Kier alpha value is -2.17. The molecule has 2 atom stereocenters. The first-order valence-electron chi connectivity index (χ1n) is 8.30. The average molecular weight is 329 g/mol. The van der Waals surface area contributed by atoms with Gasteiger partial charge in [-0.15, -0.1) is 0 Å². The molecule has 1 aliphatic rings. The van der Waals surface area contributed by atoms with Crippen LogP contribution in [-0.4, -0.2) is 15.7 Å². The van der Waals surface area contributed by atoms with Gasteiger partial charge in [0.05, 0.1) is 5.69 Å². The van der Waals surface area contributed by atoms with Crippen molar-refractivity contribution in [3.05, 3.63) is 46.5 Å². The number of benzene rings is 1. The summed E-state index contributed by atoms with van der Waals surface area (Å²) in [6, 6.07) is 5.97. The van der Waals surface area contributed by atoms with Crippen LogP contribution in [0.25, 0.3) is 0 Å². The molecule has 1 aromatic carbocycles. The van der Waals surface area contributed by atoms with Gasteiger partial charge < -0.3 is 5.32 Å². The fraction of sp³-hybridized carbons (Fsp3) is 0.474. The topological polar surface area (TPSA) is 46.9 Å². The zero-order chi connectivity index (χ0) is 17.8. The minimum Gasteiger partial charge on any atom is -0.322 e. The number of nitrogens with zero attached hydrogens (tertiary/aromatic N) is 2. The van der Waals surface area contributed by atoms with Crippen molar-refractivity contribution in [3.63, 3.8) is 0 Å². The van der Waals surface area contributed by atoms with Gasteiger partial charge in [0.15, 0.2) is 0 Å². The van der Waals surface area contributed by atoms with Crippen LogP contribution in [-0.2, 0) is 12.5 Å². The molecule has 0 spiro atoms. The van der Waals surface area contributed by atoms with Crippen LogP contribution >= 0.6 is 0 Å². The molecule has 1 heterocycles. The monoisotopic (exact) mass is 329 g/mol. The molecule has 0 saturated carbocycles. The van der Waals surface area contributed by atoms with Crippen molar-refractivity contribution in [1.29, 1.82) is 0 Å². The van der Waals surface area contributed by atoms with Crippen molar-refractivity contribution in [2.45, 2.75) is 46.0 Å². The number of hydrogen-bond donors (Lipinski definition) is 1. The Bertz CT molecular complexity index is 822. The van der Waals surface area contributed by atoms with Crippen LogP contribution in [0.3, 0.4) is 0 Å². The fourth-order valence-electron chi connectivity index (χ4n) is 3.92. The highest BCUT2D eigenvalue weighted by atomic mass is 19.1. The van der Waals surface area contributed by atoms with E-state index in [2.05, 4.69) is 44.2 Å². The molecule has 0 bridgehead atoms. The number of hydrogen-bond acceptors (Lipinski definition) is 2. The lowest BCUT2D eigenvalue weighted by molar-refractivity contribution is 0.102. The molecule has 0 saturated heterocycles. The first kappa shape index (κ1) is 16.7. The van der Waals surface area contributed by atoms with E-state index >= 15 is 0 Å². The standard InChI is InChI=1S/C19H24FN3O/c1-10-11(2)19(4,5)13-8-7-9-14(15(10)13)21-18(24)16-12(3)22-23(6)17(16)20/h7-11H,1-6H3,(H,21,24)/t10-,11-/m1/s1. The fourth-order valence-corrected chi connectivity index (χ4v) is 3.92. The van der Waals surface area contributed by atoms with Gasteiger partial charge in [-0.05, 0) is 41.4 Å². The Kier molecular flexibility index (Phi) is 3.78. The van der Waals surface area contributed by atoms with Gasteiger partial charge in [-0.3, -0.25) is 4.79 Å². The Morgan fingerprint density at radius 1 is 1.33 bits per heavy atom. The van der Waals surface area contributed by atoms with Gasteiger partial charge in [-0.1, -0.05) is 39.8 Å². The maximum Gasteiger partial charge on any atom is 0.262 e. The zero-order valence-electron chi connectivity index (χ0n) is 15.1. The minimum atomic E-state index is -0.612. The maximum atomic E-state index is 14.2. The summed E-state index contributed by atoms with van der Waals surface area (Å²) in [6.07, 6.45) is 0. The molecule has 1 N–H and O–H groups in total. The van der Waals surface area contributed by atoms with Crippen molar-refractivity contribution < 1.29 is 9.18 Å². The van der Waals surface area contributed by atoms with E-state index in [1.165, 1.54) is 12.6 Å². The van der Waals surface area contributed by atoms with Crippen LogP contribution in [0.4, 0.5) is 10.1 Å². The Labute approximate surface area is 142 Å². The molecule has 4 nitrogen and oxygen atoms in total. The van der Waals surface area contributed by atoms with Crippen LogP contribution in [0.1, 0.15) is 60.8 Å². The number of amides is 1. The number of aromatic nitrogens is 2. The van der Waals surface area contributed by atoms with Gasteiger partial charge >= 0.3 is 0 Å². The third kappa shape index (κ3) is 2.26. The van der Waals surface area contributed by atoms with E-state index in [4.69, 9.17) is 0 Å². The molecule has 0 aliphatic heterocycles. The van der Waals surface area contributed by atoms with Crippen molar-refractivity contribution in [2.75, 3.05) is 5.32 Å². The van der Waals surface area contributed by atoms with E-state index in [0.717, 1.165) is 15.9 Å². The summed E-state index contributed by atoms with van der Waals surface area (Å²) < 4.78 is 15.2. The summed E-state index contributed by atoms with van der Waals surface area (Å²) in [4.78, 5) is 12.6. The van der Waals surface area contributed by atoms with E-state index < -0.39 is 11.9 Å². The first-order valence-corrected chi connectivity index (χ1v) is 8.30. The quantitative estimate of drug-likeness (QED) is 0.899. The molecule has 3 rings (SSSR count). The molecule has 0 unspecified atom stereocenters. The van der Waals surface area contributed by atoms with Crippen LogP contribution < -0.4 is 5.32 Å². The highest BCUT2D eigenvalue weighted by Crippen LogP contribution is 2.52. The number of halogens is 1. The number of fused-ring (bicyclic) bond motifs is 1. The van der Waals surface area contributed by atoms with E-state index in [0.29, 0.717) is 17.5 Å². The van der Waals surface area contributed by atoms with Gasteiger partial charge in [-0.25, -0.2) is 4.68 Å². The second kappa shape index (κ2) is 5.43. The predicted octanol–water partition coefficient (Wildman–Crippen LogP) is 4.15. The molecule has 1 amide bonds. The normalized spacial score (nSPS) is 21.6. The number of nitrogens with one attached hydrogen (secondary N) is 1. The molecule has 5 heteroatoms. The third-order valence-electron chi connectivity index (χ3n) is 5.77. The SMILES string of the molecule is Cc1nn(C)c(F)c1C(=O)Nc1cccc2c1[C@H](C)[C@@H](C)C2(C)C. The second-order valence-corrected chi connectivity index (χ2v) is 7.39. The summed E-state index contributed by atoms with van der Waals surface area (Å²) >= 11 is 0. The van der Waals surface area contributed by atoms with Crippen molar-refractivity contribution in [1.82, 2.24) is 9.78 Å². The average Bonchev–Trinajstić information content (AvgIpc) is 2.86. The van der Waals surface area contributed by atoms with Crippen molar-refractivity contribution >= 4 is 11.6 Å². The second-order valence-electron chi connectivity index (χ2n) is 7.39. The molecule has 1 aromatic heterocycles. The molecular weight excluding hydrogens is 305 g/mol. The van der Waals surface area contributed by atoms with Crippen molar-refractivity contribution in [2.24, 2.45) is 13.0 Å². The third-order valence-corrected chi connectivity index (χ3v) is 5.77. The van der Waals surface area contributed by atoms with Crippen LogP contribution in [0, 0.1) is 18.8 Å². The van der Waals surface area contributed by atoms with Crippen LogP contribution in [0.5, 0.6) is 0 Å². The van der Waals surface area contributed by atoms with E-state index in [9.17, 15) is 9.18 Å². The molecular formula is C19H24FN3O. The van der Waals surface area contributed by atoms with Crippen LogP contribution in [0.2, 0.25) is 0 Å². The largest absolute Gasteiger partial charge is 0.322 e. The first-order chi connectivity index (χ1) is 11.2. The van der Waals surface area contributed by atoms with Gasteiger partial charge in [0.2, 0.25) is 5.95 Å². The summed E-state index contributed by atoms with van der Waals surface area (Å²) in [5.74, 6) is -0.274.